The van der Waals surface area contributed by atoms with Crippen LogP contribution in [0.25, 0.3) is 0 Å². The van der Waals surface area contributed by atoms with Crippen molar-refractivity contribution in [3.05, 3.63) is 0 Å². The standard InChI is InChI=1S/C4H7NO8S/c1-11-3(6)5(8)14(9,10)13-4(7)12-2/h8H,1-2H3. The number of rotatable bonds is 2. The second-order valence-electron chi connectivity index (χ2n) is 1.71. The van der Waals surface area contributed by atoms with Gasteiger partial charge >= 0.3 is 22.6 Å². The second kappa shape index (κ2) is 4.62. The van der Waals surface area contributed by atoms with Crippen molar-refractivity contribution in [3.8, 4) is 0 Å². The predicted molar refractivity (Wildman–Crippen MR) is 38.4 cm³/mol. The van der Waals surface area contributed by atoms with Crippen molar-refractivity contribution < 1.29 is 36.9 Å². The summed E-state index contributed by atoms with van der Waals surface area (Å²) in [6.07, 6.45) is -3.23. The monoisotopic (exact) mass is 229 g/mol. The molecule has 14 heavy (non-hydrogen) atoms. The number of carbonyl (C=O) groups excluding carboxylic acids is 2. The lowest BCUT2D eigenvalue weighted by atomic mass is 11.2. The van der Waals surface area contributed by atoms with Crippen LogP contribution in [0, 0.1) is 0 Å². The molecule has 0 aromatic rings. The molecule has 0 aromatic heterocycles. The molecule has 0 fully saturated rings. The van der Waals surface area contributed by atoms with Crippen LogP contribution >= 0.6 is 0 Å². The lowest BCUT2D eigenvalue weighted by Crippen LogP contribution is -2.36. The third kappa shape index (κ3) is 3.06. The summed E-state index contributed by atoms with van der Waals surface area (Å²) in [5, 5.41) is 8.63. The van der Waals surface area contributed by atoms with E-state index in [1.165, 1.54) is 0 Å². The summed E-state index contributed by atoms with van der Waals surface area (Å²) in [6.45, 7) is 0. The average molecular weight is 229 g/mol. The normalized spacial score (nSPS) is 10.2. The van der Waals surface area contributed by atoms with Crippen molar-refractivity contribution in [2.75, 3.05) is 14.2 Å². The molecule has 0 unspecified atom stereocenters. The van der Waals surface area contributed by atoms with Crippen molar-refractivity contribution in [2.24, 2.45) is 0 Å². The van der Waals surface area contributed by atoms with Gasteiger partial charge in [0.05, 0.1) is 14.2 Å². The Kier molecular flexibility index (Phi) is 4.11. The molecule has 82 valence electrons. The molecule has 0 spiro atoms. The number of hydroxylamine groups is 1. The minimum absolute atomic E-state index is 0.819. The summed E-state index contributed by atoms with van der Waals surface area (Å²) in [7, 11) is -3.28. The van der Waals surface area contributed by atoms with Gasteiger partial charge in [0, 0.05) is 0 Å². The van der Waals surface area contributed by atoms with Gasteiger partial charge in [0.15, 0.2) is 0 Å². The van der Waals surface area contributed by atoms with E-state index in [1.807, 2.05) is 0 Å². The highest BCUT2D eigenvalue weighted by atomic mass is 32.2. The van der Waals surface area contributed by atoms with Crippen LogP contribution in [0.15, 0.2) is 0 Å². The highest BCUT2D eigenvalue weighted by Crippen LogP contribution is 2.03. The number of methoxy groups -OCH3 is 2. The van der Waals surface area contributed by atoms with Gasteiger partial charge < -0.3 is 9.47 Å². The van der Waals surface area contributed by atoms with Crippen molar-refractivity contribution in [1.29, 1.82) is 0 Å². The Morgan fingerprint density at radius 1 is 1.21 bits per heavy atom. The molecule has 0 rings (SSSR count). The minimum Gasteiger partial charge on any atom is -0.450 e. The molecule has 0 aliphatic heterocycles. The quantitative estimate of drug-likeness (QED) is 0.381. The summed E-state index contributed by atoms with van der Waals surface area (Å²) in [5.41, 5.74) is 0. The zero-order chi connectivity index (χ0) is 11.4. The van der Waals surface area contributed by atoms with Crippen LogP contribution in [0.2, 0.25) is 0 Å². The van der Waals surface area contributed by atoms with Crippen molar-refractivity contribution >= 4 is 22.6 Å². The van der Waals surface area contributed by atoms with E-state index in [4.69, 9.17) is 5.21 Å². The molecule has 1 N–H and O–H groups in total. The van der Waals surface area contributed by atoms with Gasteiger partial charge in [-0.1, -0.05) is 0 Å². The molecule has 10 heteroatoms. The zero-order valence-corrected chi connectivity index (χ0v) is 7.98. The molecule has 0 bridgehead atoms. The number of hydrogen-bond donors (Lipinski definition) is 1. The van der Waals surface area contributed by atoms with Crippen LogP contribution in [-0.2, 0) is 24.0 Å². The van der Waals surface area contributed by atoms with Gasteiger partial charge in [-0.3, -0.25) is 9.39 Å². The molecule has 0 aromatic carbocycles. The Hall–Kier alpha value is -1.55. The third-order valence-electron chi connectivity index (χ3n) is 0.883. The average Bonchev–Trinajstić information content (AvgIpc) is 2.14. The summed E-state index contributed by atoms with van der Waals surface area (Å²) in [4.78, 5) is 20.8. The van der Waals surface area contributed by atoms with Crippen molar-refractivity contribution in [2.45, 2.75) is 0 Å². The molecule has 0 heterocycles. The lowest BCUT2D eigenvalue weighted by molar-refractivity contribution is -0.00483. The summed E-state index contributed by atoms with van der Waals surface area (Å²) in [5.74, 6) is 0. The Balaban J connectivity index is 4.63. The Morgan fingerprint density at radius 3 is 2.07 bits per heavy atom. The van der Waals surface area contributed by atoms with Crippen LogP contribution in [0.3, 0.4) is 0 Å². The lowest BCUT2D eigenvalue weighted by Gasteiger charge is -2.11. The number of amides is 1. The fourth-order valence-electron chi connectivity index (χ4n) is 0.325. The van der Waals surface area contributed by atoms with Crippen LogP contribution in [0.5, 0.6) is 0 Å². The first-order valence-corrected chi connectivity index (χ1v) is 4.31. The zero-order valence-electron chi connectivity index (χ0n) is 7.16. The molecule has 0 saturated carbocycles. The van der Waals surface area contributed by atoms with Crippen LogP contribution < -0.4 is 0 Å². The highest BCUT2D eigenvalue weighted by Gasteiger charge is 2.31. The van der Waals surface area contributed by atoms with E-state index >= 15 is 0 Å². The Labute approximate surface area is 79.0 Å². The van der Waals surface area contributed by atoms with Crippen molar-refractivity contribution in [1.82, 2.24) is 4.47 Å². The summed E-state index contributed by atoms with van der Waals surface area (Å²) < 4.78 is 31.8. The van der Waals surface area contributed by atoms with Gasteiger partial charge in [-0.2, -0.15) is 8.42 Å². The minimum atomic E-state index is -4.94. The van der Waals surface area contributed by atoms with Crippen molar-refractivity contribution in [3.63, 3.8) is 0 Å². The maximum Gasteiger partial charge on any atom is 0.525 e. The first-order valence-electron chi connectivity index (χ1n) is 2.94. The van der Waals surface area contributed by atoms with Crippen LogP contribution in [0.4, 0.5) is 9.59 Å². The first-order chi connectivity index (χ1) is 6.35. The van der Waals surface area contributed by atoms with E-state index in [-0.39, 0.29) is 0 Å². The maximum atomic E-state index is 10.8. The van der Waals surface area contributed by atoms with Gasteiger partial charge in [-0.05, 0) is 4.47 Å². The van der Waals surface area contributed by atoms with E-state index in [2.05, 4.69) is 13.7 Å². The summed E-state index contributed by atoms with van der Waals surface area (Å²) >= 11 is 0. The van der Waals surface area contributed by atoms with Crippen LogP contribution in [0.1, 0.15) is 0 Å². The van der Waals surface area contributed by atoms with Gasteiger partial charge in [-0.15, -0.1) is 0 Å². The third-order valence-corrected chi connectivity index (χ3v) is 1.80. The smallest absolute Gasteiger partial charge is 0.450 e. The maximum absolute atomic E-state index is 10.8. The molecule has 0 aliphatic carbocycles. The number of carbonyl (C=O) groups is 2. The fraction of sp³-hybridized carbons (Fsp3) is 0.500. The predicted octanol–water partition coefficient (Wildman–Crippen LogP) is -0.528. The van der Waals surface area contributed by atoms with E-state index in [0.717, 1.165) is 14.2 Å². The highest BCUT2D eigenvalue weighted by molar-refractivity contribution is 7.85. The molecule has 9 nitrogen and oxygen atoms in total. The van der Waals surface area contributed by atoms with Gasteiger partial charge in [-0.25, -0.2) is 9.59 Å². The molecular formula is C4H7NO8S. The fourth-order valence-corrected chi connectivity index (χ4v) is 0.892. The Bertz CT molecular complexity index is 320. The topological polar surface area (TPSA) is 119 Å². The SMILES string of the molecule is COC(=O)OS(=O)(=O)N(O)C(=O)OC. The molecular weight excluding hydrogens is 222 g/mol. The second-order valence-corrected chi connectivity index (χ2v) is 3.08. The Morgan fingerprint density at radius 2 is 1.71 bits per heavy atom. The first kappa shape index (κ1) is 12.4. The van der Waals surface area contributed by atoms with E-state index in [0.29, 0.717) is 0 Å². The van der Waals surface area contributed by atoms with E-state index in [9.17, 15) is 18.0 Å². The van der Waals surface area contributed by atoms with Gasteiger partial charge in [0.1, 0.15) is 0 Å². The summed E-state index contributed by atoms with van der Waals surface area (Å²) in [6, 6.07) is 0. The molecule has 0 radical (unpaired) electrons. The van der Waals surface area contributed by atoms with Gasteiger partial charge in [0.25, 0.3) is 0 Å². The number of hydrogen-bond acceptors (Lipinski definition) is 8. The molecule has 1 amide bonds. The van der Waals surface area contributed by atoms with Crippen LogP contribution in [-0.4, -0.2) is 44.6 Å². The van der Waals surface area contributed by atoms with E-state index in [1.54, 1.807) is 0 Å². The number of ether oxygens (including phenoxy) is 2. The van der Waals surface area contributed by atoms with Gasteiger partial charge in [0.2, 0.25) is 0 Å². The number of nitrogens with zero attached hydrogens (tertiary/aromatic N) is 1. The molecule has 0 aliphatic rings. The molecule has 0 atom stereocenters. The largest absolute Gasteiger partial charge is 0.525 e. The molecule has 0 saturated heterocycles. The van der Waals surface area contributed by atoms with E-state index < -0.39 is 27.0 Å².